The van der Waals surface area contributed by atoms with E-state index in [0.717, 1.165) is 17.5 Å². The number of aliphatic hydroxyl groups excluding tert-OH is 1. The first-order valence-corrected chi connectivity index (χ1v) is 5.82. The van der Waals surface area contributed by atoms with Gasteiger partial charge in [-0.2, -0.15) is 4.37 Å². The Morgan fingerprint density at radius 1 is 1.57 bits per heavy atom. The third-order valence-electron chi connectivity index (χ3n) is 2.40. The minimum Gasteiger partial charge on any atom is -0.395 e. The van der Waals surface area contributed by atoms with Crippen molar-refractivity contribution in [2.24, 2.45) is 0 Å². The highest BCUT2D eigenvalue weighted by molar-refractivity contribution is 7.09. The van der Waals surface area contributed by atoms with Crippen LogP contribution in [0.1, 0.15) is 31.5 Å². The topological polar surface area (TPSA) is 49.2 Å². The number of nitrogens with zero attached hydrogens (tertiary/aromatic N) is 3. The Kier molecular flexibility index (Phi) is 2.98. The van der Waals surface area contributed by atoms with E-state index >= 15 is 0 Å². The van der Waals surface area contributed by atoms with E-state index in [1.54, 1.807) is 0 Å². The van der Waals surface area contributed by atoms with Crippen molar-refractivity contribution < 1.29 is 5.11 Å². The molecule has 4 nitrogen and oxygen atoms in total. The summed E-state index contributed by atoms with van der Waals surface area (Å²) in [5.74, 6) is 1.62. The fourth-order valence-corrected chi connectivity index (χ4v) is 2.21. The van der Waals surface area contributed by atoms with Gasteiger partial charge in [-0.1, -0.05) is 0 Å². The van der Waals surface area contributed by atoms with Crippen molar-refractivity contribution in [2.45, 2.75) is 25.7 Å². The Balaban J connectivity index is 2.05. The van der Waals surface area contributed by atoms with Crippen LogP contribution in [0.5, 0.6) is 0 Å². The zero-order chi connectivity index (χ0) is 9.97. The molecule has 0 amide bonds. The second kappa shape index (κ2) is 4.23. The summed E-state index contributed by atoms with van der Waals surface area (Å²) < 4.78 is 4.34. The molecule has 1 fully saturated rings. The summed E-state index contributed by atoms with van der Waals surface area (Å²) in [6, 6.07) is 0. The Morgan fingerprint density at radius 2 is 2.36 bits per heavy atom. The van der Waals surface area contributed by atoms with E-state index < -0.39 is 0 Å². The second-order valence-electron chi connectivity index (χ2n) is 3.51. The lowest BCUT2D eigenvalue weighted by atomic mass is 10.4. The van der Waals surface area contributed by atoms with Gasteiger partial charge in [0, 0.05) is 30.5 Å². The van der Waals surface area contributed by atoms with E-state index in [2.05, 4.69) is 21.2 Å². The molecule has 1 aliphatic carbocycles. The molecule has 1 aromatic heterocycles. The van der Waals surface area contributed by atoms with E-state index in [0.29, 0.717) is 12.5 Å². The number of rotatable bonds is 5. The highest BCUT2D eigenvalue weighted by Gasteiger charge is 2.28. The molecule has 5 heteroatoms. The van der Waals surface area contributed by atoms with Gasteiger partial charge in [-0.15, -0.1) is 0 Å². The third kappa shape index (κ3) is 2.04. The molecule has 14 heavy (non-hydrogen) atoms. The molecule has 0 aliphatic heterocycles. The molecule has 0 aromatic carbocycles. The van der Waals surface area contributed by atoms with Gasteiger partial charge in [0.05, 0.1) is 6.61 Å². The number of hydrogen-bond acceptors (Lipinski definition) is 5. The summed E-state index contributed by atoms with van der Waals surface area (Å²) in [6.07, 6.45) is 2.48. The van der Waals surface area contributed by atoms with Crippen molar-refractivity contribution in [2.75, 3.05) is 24.6 Å². The molecule has 1 aromatic rings. The number of aliphatic hydroxyl groups is 1. The van der Waals surface area contributed by atoms with Gasteiger partial charge in [-0.3, -0.25) is 0 Å². The van der Waals surface area contributed by atoms with E-state index in [4.69, 9.17) is 5.11 Å². The van der Waals surface area contributed by atoms with Gasteiger partial charge in [-0.25, -0.2) is 4.98 Å². The maximum atomic E-state index is 8.87. The Labute approximate surface area is 87.8 Å². The lowest BCUT2D eigenvalue weighted by Crippen LogP contribution is -2.25. The van der Waals surface area contributed by atoms with Gasteiger partial charge in [0.2, 0.25) is 5.13 Å². The number of likely N-dealkylation sites (N-methyl/N-ethyl adjacent to an activating group) is 1. The van der Waals surface area contributed by atoms with Crippen molar-refractivity contribution in [1.29, 1.82) is 0 Å². The first-order chi connectivity index (χ1) is 6.85. The molecule has 0 radical (unpaired) electrons. The standard InChI is InChI=1S/C9H15N3OS/c1-2-12(5-6-13)9-10-8(11-14-9)7-3-4-7/h7,13H,2-6H2,1H3. The second-order valence-corrected chi connectivity index (χ2v) is 4.24. The smallest absolute Gasteiger partial charge is 0.205 e. The van der Waals surface area contributed by atoms with Gasteiger partial charge in [0.25, 0.3) is 0 Å². The predicted octanol–water partition coefficient (Wildman–Crippen LogP) is 1.23. The summed E-state index contributed by atoms with van der Waals surface area (Å²) >= 11 is 1.44. The molecular formula is C9H15N3OS. The normalized spacial score (nSPS) is 15.9. The van der Waals surface area contributed by atoms with Gasteiger partial charge in [0.1, 0.15) is 5.82 Å². The van der Waals surface area contributed by atoms with Crippen LogP contribution in [-0.2, 0) is 0 Å². The average molecular weight is 213 g/mol. The largest absolute Gasteiger partial charge is 0.395 e. The number of anilines is 1. The van der Waals surface area contributed by atoms with E-state index in [1.165, 1.54) is 24.4 Å². The molecule has 0 bridgehead atoms. The Morgan fingerprint density at radius 3 is 2.93 bits per heavy atom. The summed E-state index contributed by atoms with van der Waals surface area (Å²) in [5, 5.41) is 9.82. The number of aromatic nitrogens is 2. The van der Waals surface area contributed by atoms with Crippen LogP contribution in [-0.4, -0.2) is 34.2 Å². The number of hydrogen-bond donors (Lipinski definition) is 1. The van der Waals surface area contributed by atoms with Gasteiger partial charge in [0.15, 0.2) is 0 Å². The van der Waals surface area contributed by atoms with Crippen molar-refractivity contribution in [3.8, 4) is 0 Å². The van der Waals surface area contributed by atoms with Crippen molar-refractivity contribution in [1.82, 2.24) is 9.36 Å². The van der Waals surface area contributed by atoms with E-state index in [-0.39, 0.29) is 6.61 Å². The molecule has 1 aliphatic rings. The molecule has 0 unspecified atom stereocenters. The minimum absolute atomic E-state index is 0.173. The van der Waals surface area contributed by atoms with Crippen molar-refractivity contribution in [3.05, 3.63) is 5.82 Å². The van der Waals surface area contributed by atoms with Crippen LogP contribution in [0.2, 0.25) is 0 Å². The minimum atomic E-state index is 0.173. The van der Waals surface area contributed by atoms with Crippen LogP contribution in [0.25, 0.3) is 0 Å². The van der Waals surface area contributed by atoms with Crippen molar-refractivity contribution >= 4 is 16.7 Å². The molecule has 1 N–H and O–H groups in total. The summed E-state index contributed by atoms with van der Waals surface area (Å²) in [4.78, 5) is 6.54. The van der Waals surface area contributed by atoms with Crippen LogP contribution < -0.4 is 4.90 Å². The lowest BCUT2D eigenvalue weighted by Gasteiger charge is -2.16. The van der Waals surface area contributed by atoms with Crippen LogP contribution in [0, 0.1) is 0 Å². The van der Waals surface area contributed by atoms with Crippen molar-refractivity contribution in [3.63, 3.8) is 0 Å². The summed E-state index contributed by atoms with van der Waals surface area (Å²) in [5.41, 5.74) is 0. The molecule has 2 rings (SSSR count). The summed E-state index contributed by atoms with van der Waals surface area (Å²) in [7, 11) is 0. The first-order valence-electron chi connectivity index (χ1n) is 5.04. The maximum absolute atomic E-state index is 8.87. The van der Waals surface area contributed by atoms with Crippen LogP contribution in [0.3, 0.4) is 0 Å². The fourth-order valence-electron chi connectivity index (χ4n) is 1.37. The van der Waals surface area contributed by atoms with Crippen LogP contribution >= 0.6 is 11.5 Å². The third-order valence-corrected chi connectivity index (χ3v) is 3.19. The van der Waals surface area contributed by atoms with E-state index in [1.807, 2.05) is 0 Å². The Bertz CT molecular complexity index is 298. The molecule has 0 atom stereocenters. The highest BCUT2D eigenvalue weighted by atomic mass is 32.1. The van der Waals surface area contributed by atoms with E-state index in [9.17, 15) is 0 Å². The van der Waals surface area contributed by atoms with Crippen LogP contribution in [0.15, 0.2) is 0 Å². The average Bonchev–Trinajstić information content (AvgIpc) is 2.94. The van der Waals surface area contributed by atoms with Crippen LogP contribution in [0.4, 0.5) is 5.13 Å². The molecular weight excluding hydrogens is 198 g/mol. The maximum Gasteiger partial charge on any atom is 0.205 e. The fraction of sp³-hybridized carbons (Fsp3) is 0.778. The molecule has 1 saturated carbocycles. The summed E-state index contributed by atoms with van der Waals surface area (Å²) in [6.45, 7) is 3.76. The zero-order valence-corrected chi connectivity index (χ0v) is 9.13. The van der Waals surface area contributed by atoms with Gasteiger partial charge < -0.3 is 10.0 Å². The SMILES string of the molecule is CCN(CCO)c1nc(C2CC2)ns1. The molecule has 0 saturated heterocycles. The molecule has 1 heterocycles. The quantitative estimate of drug-likeness (QED) is 0.799. The molecule has 78 valence electrons. The lowest BCUT2D eigenvalue weighted by molar-refractivity contribution is 0.302. The van der Waals surface area contributed by atoms with Gasteiger partial charge >= 0.3 is 0 Å². The Hall–Kier alpha value is -0.680. The van der Waals surface area contributed by atoms with Gasteiger partial charge in [-0.05, 0) is 19.8 Å². The highest BCUT2D eigenvalue weighted by Crippen LogP contribution is 2.39. The first kappa shape index (κ1) is 9.86. The zero-order valence-electron chi connectivity index (χ0n) is 8.31. The molecule has 0 spiro atoms. The monoisotopic (exact) mass is 213 g/mol. The predicted molar refractivity (Wildman–Crippen MR) is 56.9 cm³/mol.